The Kier molecular flexibility index (Phi) is 0.926. The van der Waals surface area contributed by atoms with E-state index in [0.29, 0.717) is 6.54 Å². The normalized spacial score (nSPS) is 47.8. The summed E-state index contributed by atoms with van der Waals surface area (Å²) in [5.41, 5.74) is -0.553. The maximum atomic E-state index is 10.2. The number of hydrogen-bond donors (Lipinski definition) is 1. The zero-order valence-electron chi connectivity index (χ0n) is 5.02. The van der Waals surface area contributed by atoms with Crippen LogP contribution in [0.15, 0.2) is 0 Å². The van der Waals surface area contributed by atoms with Gasteiger partial charge in [0.05, 0.1) is 6.10 Å². The van der Waals surface area contributed by atoms with E-state index in [-0.39, 0.29) is 6.10 Å². The first-order valence-electron chi connectivity index (χ1n) is 3.12. The SMILES string of the molecule is O=[C][C@]12CNC[C@H](C1)O2. The van der Waals surface area contributed by atoms with Gasteiger partial charge < -0.3 is 10.1 Å². The number of fused-ring (bicyclic) bond motifs is 2. The highest BCUT2D eigenvalue weighted by Crippen LogP contribution is 2.32. The molecule has 3 saturated heterocycles. The van der Waals surface area contributed by atoms with Gasteiger partial charge in [-0.3, -0.25) is 4.79 Å². The van der Waals surface area contributed by atoms with Crippen molar-refractivity contribution in [3.05, 3.63) is 0 Å². The Balaban J connectivity index is 2.09. The number of hydrogen-bond acceptors (Lipinski definition) is 3. The minimum atomic E-state index is -0.553. The molecule has 3 fully saturated rings. The van der Waals surface area contributed by atoms with Crippen LogP contribution >= 0.6 is 0 Å². The summed E-state index contributed by atoms with van der Waals surface area (Å²) in [4.78, 5) is 10.2. The van der Waals surface area contributed by atoms with Crippen LogP contribution in [0, 0.1) is 0 Å². The summed E-state index contributed by atoms with van der Waals surface area (Å²) in [5.74, 6) is 0. The molecule has 0 saturated carbocycles. The molecule has 49 valence electrons. The first-order chi connectivity index (χ1) is 4.35. The van der Waals surface area contributed by atoms with Gasteiger partial charge in [0.2, 0.25) is 6.29 Å². The quantitative estimate of drug-likeness (QED) is 0.501. The third-order valence-corrected chi connectivity index (χ3v) is 1.92. The van der Waals surface area contributed by atoms with Crippen LogP contribution in [-0.4, -0.2) is 31.1 Å². The van der Waals surface area contributed by atoms with Gasteiger partial charge in [0.15, 0.2) is 0 Å². The molecule has 3 nitrogen and oxygen atoms in total. The van der Waals surface area contributed by atoms with Crippen molar-refractivity contribution in [2.24, 2.45) is 0 Å². The van der Waals surface area contributed by atoms with Crippen molar-refractivity contribution in [2.45, 2.75) is 18.1 Å². The van der Waals surface area contributed by atoms with Crippen LogP contribution in [0.5, 0.6) is 0 Å². The van der Waals surface area contributed by atoms with Crippen molar-refractivity contribution in [2.75, 3.05) is 13.1 Å². The van der Waals surface area contributed by atoms with E-state index in [2.05, 4.69) is 5.32 Å². The lowest BCUT2D eigenvalue weighted by molar-refractivity contribution is -0.182. The highest BCUT2D eigenvalue weighted by molar-refractivity contribution is 5.66. The Morgan fingerprint density at radius 2 is 2.56 bits per heavy atom. The van der Waals surface area contributed by atoms with E-state index < -0.39 is 5.60 Å². The summed E-state index contributed by atoms with van der Waals surface area (Å²) in [7, 11) is 0. The molecule has 0 aliphatic carbocycles. The lowest BCUT2D eigenvalue weighted by atomic mass is 9.87. The minimum Gasteiger partial charge on any atom is -0.361 e. The number of rotatable bonds is 1. The summed E-state index contributed by atoms with van der Waals surface area (Å²) in [6.07, 6.45) is 3.05. The van der Waals surface area contributed by atoms with Crippen LogP contribution in [0.2, 0.25) is 0 Å². The second-order valence-electron chi connectivity index (χ2n) is 2.67. The van der Waals surface area contributed by atoms with E-state index in [1.807, 2.05) is 6.29 Å². The van der Waals surface area contributed by atoms with Crippen molar-refractivity contribution in [3.8, 4) is 0 Å². The zero-order valence-corrected chi connectivity index (χ0v) is 5.02. The van der Waals surface area contributed by atoms with E-state index in [1.54, 1.807) is 0 Å². The van der Waals surface area contributed by atoms with Crippen molar-refractivity contribution >= 4 is 6.29 Å². The largest absolute Gasteiger partial charge is 0.361 e. The van der Waals surface area contributed by atoms with E-state index in [1.165, 1.54) is 0 Å². The van der Waals surface area contributed by atoms with Crippen LogP contribution in [0.1, 0.15) is 6.42 Å². The summed E-state index contributed by atoms with van der Waals surface area (Å²) in [6, 6.07) is 0. The molecule has 3 heterocycles. The fourth-order valence-corrected chi connectivity index (χ4v) is 1.44. The minimum absolute atomic E-state index is 0.278. The van der Waals surface area contributed by atoms with Crippen molar-refractivity contribution in [1.82, 2.24) is 5.32 Å². The van der Waals surface area contributed by atoms with Crippen LogP contribution in [0.3, 0.4) is 0 Å². The molecule has 0 unspecified atom stereocenters. The Labute approximate surface area is 53.4 Å². The van der Waals surface area contributed by atoms with Crippen LogP contribution in [0.25, 0.3) is 0 Å². The average molecular weight is 126 g/mol. The Hall–Kier alpha value is -0.410. The molecule has 0 aromatic carbocycles. The van der Waals surface area contributed by atoms with Gasteiger partial charge in [-0.15, -0.1) is 0 Å². The number of carbonyl (C=O) groups excluding carboxylic acids is 1. The first-order valence-corrected chi connectivity index (χ1v) is 3.12. The highest BCUT2D eigenvalue weighted by Gasteiger charge is 2.49. The number of nitrogens with one attached hydrogen (secondary N) is 1. The van der Waals surface area contributed by atoms with Crippen molar-refractivity contribution < 1.29 is 9.53 Å². The molecule has 2 bridgehead atoms. The number of piperidine rings is 1. The Morgan fingerprint density at radius 3 is 2.89 bits per heavy atom. The molecule has 3 aliphatic heterocycles. The maximum Gasteiger partial charge on any atom is 0.234 e. The van der Waals surface area contributed by atoms with Crippen LogP contribution < -0.4 is 5.32 Å². The molecular formula is C6H8NO2. The summed E-state index contributed by atoms with van der Waals surface area (Å²) < 4.78 is 5.23. The molecule has 3 rings (SSSR count). The van der Waals surface area contributed by atoms with Crippen molar-refractivity contribution in [1.29, 1.82) is 0 Å². The molecule has 0 amide bonds. The van der Waals surface area contributed by atoms with Gasteiger partial charge in [-0.2, -0.15) is 0 Å². The topological polar surface area (TPSA) is 38.3 Å². The molecule has 9 heavy (non-hydrogen) atoms. The molecular weight excluding hydrogens is 118 g/mol. The third-order valence-electron chi connectivity index (χ3n) is 1.92. The number of ether oxygens (including phenoxy) is 1. The van der Waals surface area contributed by atoms with Crippen LogP contribution in [0.4, 0.5) is 0 Å². The Morgan fingerprint density at radius 1 is 1.78 bits per heavy atom. The summed E-state index contributed by atoms with van der Waals surface area (Å²) in [5, 5.41) is 3.09. The van der Waals surface area contributed by atoms with Gasteiger partial charge in [-0.1, -0.05) is 0 Å². The van der Waals surface area contributed by atoms with E-state index in [4.69, 9.17) is 4.74 Å². The standard InChI is InChI=1S/C6H8NO2/c8-4-6-1-5(9-6)2-7-3-6/h5,7H,1-3H2/t5-,6+/m0/s1. The molecule has 3 heteroatoms. The first kappa shape index (κ1) is 5.38. The smallest absolute Gasteiger partial charge is 0.234 e. The van der Waals surface area contributed by atoms with E-state index >= 15 is 0 Å². The van der Waals surface area contributed by atoms with E-state index in [9.17, 15) is 4.79 Å². The highest BCUT2D eigenvalue weighted by atomic mass is 16.5. The van der Waals surface area contributed by atoms with Gasteiger partial charge in [-0.05, 0) is 0 Å². The van der Waals surface area contributed by atoms with Gasteiger partial charge in [0.1, 0.15) is 5.60 Å². The molecule has 1 radical (unpaired) electrons. The second-order valence-corrected chi connectivity index (χ2v) is 2.67. The van der Waals surface area contributed by atoms with Gasteiger partial charge in [0, 0.05) is 19.5 Å². The third kappa shape index (κ3) is 0.618. The van der Waals surface area contributed by atoms with Crippen molar-refractivity contribution in [3.63, 3.8) is 0 Å². The predicted octanol–water partition coefficient (Wildman–Crippen LogP) is -0.773. The summed E-state index contributed by atoms with van der Waals surface area (Å²) >= 11 is 0. The second kappa shape index (κ2) is 1.55. The molecule has 0 spiro atoms. The van der Waals surface area contributed by atoms with Crippen LogP contribution in [-0.2, 0) is 9.53 Å². The molecule has 2 atom stereocenters. The molecule has 0 aromatic rings. The Bertz CT molecular complexity index is 134. The van der Waals surface area contributed by atoms with E-state index in [0.717, 1.165) is 13.0 Å². The number of morpholine rings is 1. The van der Waals surface area contributed by atoms with Gasteiger partial charge >= 0.3 is 0 Å². The molecule has 0 aromatic heterocycles. The fourth-order valence-electron chi connectivity index (χ4n) is 1.44. The van der Waals surface area contributed by atoms with Gasteiger partial charge in [-0.25, -0.2) is 0 Å². The monoisotopic (exact) mass is 126 g/mol. The summed E-state index contributed by atoms with van der Waals surface area (Å²) in [6.45, 7) is 1.54. The predicted molar refractivity (Wildman–Crippen MR) is 30.8 cm³/mol. The zero-order chi connectivity index (χ0) is 6.32. The molecule has 1 N–H and O–H groups in total. The molecule has 3 aliphatic rings. The maximum absolute atomic E-state index is 10.2. The fraction of sp³-hybridized carbons (Fsp3) is 0.833. The lowest BCUT2D eigenvalue weighted by Crippen LogP contribution is -2.65. The van der Waals surface area contributed by atoms with Gasteiger partial charge in [0.25, 0.3) is 0 Å². The lowest BCUT2D eigenvalue weighted by Gasteiger charge is -2.48. The average Bonchev–Trinajstić information content (AvgIpc) is 1.88.